The van der Waals surface area contributed by atoms with E-state index < -0.39 is 5.97 Å². The zero-order chi connectivity index (χ0) is 17.7. The highest BCUT2D eigenvalue weighted by Crippen LogP contribution is 2.34. The van der Waals surface area contributed by atoms with E-state index in [4.69, 9.17) is 9.47 Å². The van der Waals surface area contributed by atoms with Crippen LogP contribution in [0.2, 0.25) is 0 Å². The number of amides is 1. The van der Waals surface area contributed by atoms with Gasteiger partial charge in [-0.05, 0) is 43.0 Å². The van der Waals surface area contributed by atoms with E-state index in [9.17, 15) is 9.59 Å². The third-order valence-corrected chi connectivity index (χ3v) is 4.75. The second-order valence-corrected chi connectivity index (χ2v) is 6.68. The van der Waals surface area contributed by atoms with E-state index in [0.29, 0.717) is 28.0 Å². The Morgan fingerprint density at radius 1 is 1.46 bits per heavy atom. The second kappa shape index (κ2) is 8.34. The Morgan fingerprint density at radius 2 is 2.21 bits per heavy atom. The number of nitrogens with zero attached hydrogens (tertiary/aromatic N) is 2. The van der Waals surface area contributed by atoms with Crippen LogP contribution in [0, 0.1) is 0 Å². The molecule has 0 unspecified atom stereocenters. The molecule has 128 valence electrons. The SMILES string of the molecule is CCOC(=O)COc1ccc(Br)cc1/C=C1/SC(=NC)N(C)C1=O. The number of thioether (sulfide) groups is 1. The van der Waals surface area contributed by atoms with Crippen LogP contribution >= 0.6 is 27.7 Å². The van der Waals surface area contributed by atoms with Crippen molar-refractivity contribution in [1.29, 1.82) is 0 Å². The first-order valence-corrected chi connectivity index (χ1v) is 8.79. The zero-order valence-electron chi connectivity index (χ0n) is 13.5. The van der Waals surface area contributed by atoms with Crippen molar-refractivity contribution in [3.05, 3.63) is 33.1 Å². The monoisotopic (exact) mass is 412 g/mol. The van der Waals surface area contributed by atoms with Crippen LogP contribution in [0.25, 0.3) is 6.08 Å². The quantitative estimate of drug-likeness (QED) is 0.549. The topological polar surface area (TPSA) is 68.2 Å². The Balaban J connectivity index is 2.26. The number of ether oxygens (including phenoxy) is 2. The van der Waals surface area contributed by atoms with E-state index in [0.717, 1.165) is 4.47 Å². The maximum atomic E-state index is 12.3. The molecular weight excluding hydrogens is 396 g/mol. The highest BCUT2D eigenvalue weighted by atomic mass is 79.9. The highest BCUT2D eigenvalue weighted by Gasteiger charge is 2.30. The summed E-state index contributed by atoms with van der Waals surface area (Å²) >= 11 is 4.69. The standard InChI is InChI=1S/C16H17BrN2O4S/c1-4-22-14(20)9-23-12-6-5-11(17)7-10(12)8-13-15(21)19(3)16(18-2)24-13/h5-8H,4,9H2,1-3H3/b13-8+,18-16?. The number of hydrogen-bond acceptors (Lipinski definition) is 6. The molecule has 1 heterocycles. The van der Waals surface area contributed by atoms with Crippen LogP contribution in [0.15, 0.2) is 32.6 Å². The zero-order valence-corrected chi connectivity index (χ0v) is 15.9. The molecule has 8 heteroatoms. The van der Waals surface area contributed by atoms with Gasteiger partial charge in [-0.1, -0.05) is 15.9 Å². The van der Waals surface area contributed by atoms with Crippen LogP contribution in [-0.2, 0) is 14.3 Å². The molecule has 1 saturated heterocycles. The molecule has 0 aliphatic carbocycles. The summed E-state index contributed by atoms with van der Waals surface area (Å²) in [6.07, 6.45) is 1.73. The average Bonchev–Trinajstić information content (AvgIpc) is 2.82. The lowest BCUT2D eigenvalue weighted by atomic mass is 10.2. The van der Waals surface area contributed by atoms with E-state index in [2.05, 4.69) is 20.9 Å². The van der Waals surface area contributed by atoms with Crippen molar-refractivity contribution in [3.63, 3.8) is 0 Å². The first-order chi connectivity index (χ1) is 11.5. The van der Waals surface area contributed by atoms with Crippen LogP contribution in [-0.4, -0.2) is 49.3 Å². The number of rotatable bonds is 5. The molecule has 6 nitrogen and oxygen atoms in total. The van der Waals surface area contributed by atoms with Crippen LogP contribution in [0.3, 0.4) is 0 Å². The van der Waals surface area contributed by atoms with E-state index >= 15 is 0 Å². The minimum absolute atomic E-state index is 0.128. The number of carbonyl (C=O) groups excluding carboxylic acids is 2. The van der Waals surface area contributed by atoms with Gasteiger partial charge in [-0.3, -0.25) is 14.7 Å². The molecule has 1 aromatic carbocycles. The number of likely N-dealkylation sites (N-methyl/N-ethyl adjacent to an activating group) is 1. The molecule has 0 saturated carbocycles. The van der Waals surface area contributed by atoms with Gasteiger partial charge in [-0.15, -0.1) is 0 Å². The predicted octanol–water partition coefficient (Wildman–Crippen LogP) is 2.92. The molecule has 2 rings (SSSR count). The summed E-state index contributed by atoms with van der Waals surface area (Å²) in [4.78, 5) is 29.8. The Bertz CT molecular complexity index is 718. The lowest BCUT2D eigenvalue weighted by molar-refractivity contribution is -0.145. The van der Waals surface area contributed by atoms with Gasteiger partial charge in [0.1, 0.15) is 5.75 Å². The fourth-order valence-corrected chi connectivity index (χ4v) is 3.29. The smallest absolute Gasteiger partial charge is 0.344 e. The van der Waals surface area contributed by atoms with Gasteiger partial charge in [0.15, 0.2) is 11.8 Å². The lowest BCUT2D eigenvalue weighted by Crippen LogP contribution is -2.23. The second-order valence-electron chi connectivity index (χ2n) is 4.76. The molecule has 0 atom stereocenters. The van der Waals surface area contributed by atoms with Gasteiger partial charge in [0.2, 0.25) is 0 Å². The number of amidine groups is 1. The minimum Gasteiger partial charge on any atom is -0.481 e. The van der Waals surface area contributed by atoms with Gasteiger partial charge in [-0.25, -0.2) is 4.79 Å². The first kappa shape index (κ1) is 18.5. The molecular formula is C16H17BrN2O4S. The van der Waals surface area contributed by atoms with E-state index in [-0.39, 0.29) is 12.5 Å². The molecule has 0 aromatic heterocycles. The summed E-state index contributed by atoms with van der Waals surface area (Å²) in [5.41, 5.74) is 0.690. The minimum atomic E-state index is -0.439. The number of carbonyl (C=O) groups is 2. The fraction of sp³-hybridized carbons (Fsp3) is 0.312. The van der Waals surface area contributed by atoms with Crippen molar-refractivity contribution >= 4 is 50.8 Å². The van der Waals surface area contributed by atoms with Gasteiger partial charge >= 0.3 is 5.97 Å². The third-order valence-electron chi connectivity index (χ3n) is 3.10. The molecule has 1 aromatic rings. The van der Waals surface area contributed by atoms with Gasteiger partial charge in [0.25, 0.3) is 5.91 Å². The molecule has 0 N–H and O–H groups in total. The normalized spacial score (nSPS) is 17.7. The van der Waals surface area contributed by atoms with Crippen molar-refractivity contribution in [3.8, 4) is 5.75 Å². The van der Waals surface area contributed by atoms with Crippen LogP contribution < -0.4 is 4.74 Å². The van der Waals surface area contributed by atoms with Gasteiger partial charge < -0.3 is 9.47 Å². The van der Waals surface area contributed by atoms with Crippen molar-refractivity contribution in [2.45, 2.75) is 6.92 Å². The summed E-state index contributed by atoms with van der Waals surface area (Å²) in [6, 6.07) is 5.36. The Morgan fingerprint density at radius 3 is 2.83 bits per heavy atom. The van der Waals surface area contributed by atoms with Crippen LogP contribution in [0.5, 0.6) is 5.75 Å². The Kier molecular flexibility index (Phi) is 6.44. The van der Waals surface area contributed by atoms with Crippen molar-refractivity contribution in [2.24, 2.45) is 4.99 Å². The molecule has 0 bridgehead atoms. The highest BCUT2D eigenvalue weighted by molar-refractivity contribution is 9.10. The van der Waals surface area contributed by atoms with Gasteiger partial charge in [-0.2, -0.15) is 0 Å². The maximum absolute atomic E-state index is 12.3. The van der Waals surface area contributed by atoms with E-state index in [1.165, 1.54) is 16.7 Å². The van der Waals surface area contributed by atoms with E-state index in [1.54, 1.807) is 39.2 Å². The van der Waals surface area contributed by atoms with Crippen LogP contribution in [0.4, 0.5) is 0 Å². The van der Waals surface area contributed by atoms with Crippen molar-refractivity contribution in [2.75, 3.05) is 27.3 Å². The summed E-state index contributed by atoms with van der Waals surface area (Å²) < 4.78 is 11.2. The summed E-state index contributed by atoms with van der Waals surface area (Å²) in [7, 11) is 3.32. The molecule has 24 heavy (non-hydrogen) atoms. The molecule has 1 aliphatic rings. The maximum Gasteiger partial charge on any atom is 0.344 e. The first-order valence-electron chi connectivity index (χ1n) is 7.18. The third kappa shape index (κ3) is 4.39. The molecule has 0 spiro atoms. The number of aliphatic imine (C=N–C) groups is 1. The van der Waals surface area contributed by atoms with Gasteiger partial charge in [0.05, 0.1) is 11.5 Å². The Labute approximate surface area is 153 Å². The molecule has 1 amide bonds. The molecule has 1 fully saturated rings. The van der Waals surface area contributed by atoms with Crippen molar-refractivity contribution in [1.82, 2.24) is 4.90 Å². The number of halogens is 1. The fourth-order valence-electron chi connectivity index (χ4n) is 1.99. The summed E-state index contributed by atoms with van der Waals surface area (Å²) in [5, 5.41) is 0.634. The lowest BCUT2D eigenvalue weighted by Gasteiger charge is -2.10. The van der Waals surface area contributed by atoms with Gasteiger partial charge in [0, 0.05) is 24.1 Å². The number of benzene rings is 1. The summed E-state index contributed by atoms with van der Waals surface area (Å²) in [6.45, 7) is 1.85. The largest absolute Gasteiger partial charge is 0.481 e. The average molecular weight is 413 g/mol. The summed E-state index contributed by atoms with van der Waals surface area (Å²) in [5.74, 6) is -0.0703. The van der Waals surface area contributed by atoms with Crippen molar-refractivity contribution < 1.29 is 19.1 Å². The molecule has 1 aliphatic heterocycles. The van der Waals surface area contributed by atoms with E-state index in [1.807, 2.05) is 6.07 Å². The number of hydrogen-bond donors (Lipinski definition) is 0. The predicted molar refractivity (Wildman–Crippen MR) is 98.0 cm³/mol. The number of esters is 1. The van der Waals surface area contributed by atoms with Crippen LogP contribution in [0.1, 0.15) is 12.5 Å². The Hall–Kier alpha value is -1.80. The molecule has 0 radical (unpaired) electrons.